The minimum Gasteiger partial charge on any atom is -0.395 e. The normalized spacial score (nSPS) is 15.6. The molecule has 0 saturated heterocycles. The molecule has 0 amide bonds. The van der Waals surface area contributed by atoms with Gasteiger partial charge in [0.2, 0.25) is 0 Å². The maximum atomic E-state index is 10.8. The van der Waals surface area contributed by atoms with Crippen LogP contribution in [0.25, 0.3) is 0 Å². The third-order valence-corrected chi connectivity index (χ3v) is 2.95. The Morgan fingerprint density at radius 1 is 1.43 bits per heavy atom. The van der Waals surface area contributed by atoms with Gasteiger partial charge in [0.1, 0.15) is 0 Å². The van der Waals surface area contributed by atoms with Crippen LogP contribution in [0.2, 0.25) is 0 Å². The van der Waals surface area contributed by atoms with Crippen LogP contribution in [0.15, 0.2) is 59.5 Å². The minimum absolute atomic E-state index is 0.0660. The van der Waals surface area contributed by atoms with Crippen LogP contribution in [-0.2, 0) is 0 Å². The highest BCUT2D eigenvalue weighted by molar-refractivity contribution is 5.44. The number of nitrogens with one attached hydrogen (secondary N) is 1. The molecule has 21 heavy (non-hydrogen) atoms. The Labute approximate surface area is 125 Å². The minimum atomic E-state index is -0.377. The van der Waals surface area contributed by atoms with E-state index in [-0.39, 0.29) is 17.2 Å². The van der Waals surface area contributed by atoms with Gasteiger partial charge in [-0.3, -0.25) is 10.1 Å². The highest BCUT2D eigenvalue weighted by Crippen LogP contribution is 2.20. The predicted octanol–water partition coefficient (Wildman–Crippen LogP) is 2.86. The van der Waals surface area contributed by atoms with Gasteiger partial charge in [0.25, 0.3) is 5.70 Å². The summed E-state index contributed by atoms with van der Waals surface area (Å²) in [6.45, 7) is 2.62. The van der Waals surface area contributed by atoms with Crippen LogP contribution in [-0.4, -0.2) is 23.2 Å². The predicted molar refractivity (Wildman–Crippen MR) is 84.1 cm³/mol. The van der Waals surface area contributed by atoms with Crippen LogP contribution in [0, 0.1) is 10.1 Å². The quantitative estimate of drug-likeness (QED) is 0.312. The maximum Gasteiger partial charge on any atom is 0.265 e. The second-order valence-electron chi connectivity index (χ2n) is 4.55. The van der Waals surface area contributed by atoms with E-state index in [0.29, 0.717) is 13.0 Å². The number of hydrogen-bond donors (Lipinski definition) is 2. The zero-order chi connectivity index (χ0) is 15.5. The first kappa shape index (κ1) is 16.9. The summed E-state index contributed by atoms with van der Waals surface area (Å²) in [4.78, 5) is 10.4. The molecule has 2 N–H and O–H groups in total. The van der Waals surface area contributed by atoms with E-state index in [4.69, 9.17) is 5.11 Å². The molecule has 1 aliphatic rings. The Morgan fingerprint density at radius 2 is 2.24 bits per heavy atom. The summed E-state index contributed by atoms with van der Waals surface area (Å²) >= 11 is 0. The Hall–Kier alpha value is -2.14. The number of nitrogens with zero attached hydrogens (tertiary/aromatic N) is 1. The number of nitro groups is 1. The molecular formula is C16H22N2O3. The van der Waals surface area contributed by atoms with Crippen molar-refractivity contribution in [3.8, 4) is 0 Å². The van der Waals surface area contributed by atoms with E-state index >= 15 is 0 Å². The van der Waals surface area contributed by atoms with E-state index in [9.17, 15) is 10.1 Å². The van der Waals surface area contributed by atoms with Gasteiger partial charge in [-0.1, -0.05) is 25.2 Å². The Bertz CT molecular complexity index is 500. The lowest BCUT2D eigenvalue weighted by atomic mass is 10.0. The summed E-state index contributed by atoms with van der Waals surface area (Å²) < 4.78 is 0. The largest absolute Gasteiger partial charge is 0.395 e. The van der Waals surface area contributed by atoms with E-state index < -0.39 is 0 Å². The topological polar surface area (TPSA) is 75.4 Å². The van der Waals surface area contributed by atoms with Gasteiger partial charge in [-0.2, -0.15) is 0 Å². The zero-order valence-corrected chi connectivity index (χ0v) is 12.3. The number of rotatable bonds is 8. The Morgan fingerprint density at radius 3 is 2.90 bits per heavy atom. The highest BCUT2D eigenvalue weighted by Gasteiger charge is 2.09. The molecule has 0 saturated carbocycles. The van der Waals surface area contributed by atoms with Crippen LogP contribution in [0.4, 0.5) is 0 Å². The second-order valence-corrected chi connectivity index (χ2v) is 4.55. The summed E-state index contributed by atoms with van der Waals surface area (Å²) in [7, 11) is 0. The molecule has 5 heteroatoms. The van der Waals surface area contributed by atoms with Gasteiger partial charge in [0, 0.05) is 18.8 Å². The summed E-state index contributed by atoms with van der Waals surface area (Å²) in [5.74, 6) is 0. The lowest BCUT2D eigenvalue weighted by molar-refractivity contribution is -0.419. The van der Waals surface area contributed by atoms with Gasteiger partial charge in [-0.15, -0.1) is 0 Å². The fourth-order valence-electron chi connectivity index (χ4n) is 1.89. The van der Waals surface area contributed by atoms with Crippen LogP contribution < -0.4 is 5.32 Å². The second kappa shape index (κ2) is 9.72. The molecule has 0 aromatic rings. The summed E-state index contributed by atoms with van der Waals surface area (Å²) in [6, 6.07) is 0. The van der Waals surface area contributed by atoms with Crippen molar-refractivity contribution in [1.82, 2.24) is 5.32 Å². The van der Waals surface area contributed by atoms with E-state index in [1.165, 1.54) is 6.08 Å². The monoisotopic (exact) mass is 290 g/mol. The zero-order valence-electron chi connectivity index (χ0n) is 12.3. The maximum absolute atomic E-state index is 10.8. The van der Waals surface area contributed by atoms with E-state index in [0.717, 1.165) is 24.0 Å². The first-order chi connectivity index (χ1) is 10.2. The average Bonchev–Trinajstić information content (AvgIpc) is 2.72. The fraction of sp³-hybridized carbons (Fsp3) is 0.375. The molecule has 114 valence electrons. The number of allylic oxidation sites excluding steroid dienone is 8. The number of aliphatic hydroxyl groups excluding tert-OH is 1. The molecule has 0 heterocycles. The summed E-state index contributed by atoms with van der Waals surface area (Å²) in [5.41, 5.74) is 2.13. The smallest absolute Gasteiger partial charge is 0.265 e. The molecule has 0 bridgehead atoms. The van der Waals surface area contributed by atoms with Crippen LogP contribution in [0.3, 0.4) is 0 Å². The number of hydrogen-bond acceptors (Lipinski definition) is 4. The Kier molecular flexibility index (Phi) is 7.82. The summed E-state index contributed by atoms with van der Waals surface area (Å²) in [6.07, 6.45) is 15.2. The van der Waals surface area contributed by atoms with E-state index in [1.54, 1.807) is 12.2 Å². The summed E-state index contributed by atoms with van der Waals surface area (Å²) in [5, 5.41) is 22.7. The first-order valence-corrected chi connectivity index (χ1v) is 7.10. The van der Waals surface area contributed by atoms with Crippen LogP contribution >= 0.6 is 0 Å². The van der Waals surface area contributed by atoms with Crippen LogP contribution in [0.5, 0.6) is 0 Å². The van der Waals surface area contributed by atoms with Crippen molar-refractivity contribution < 1.29 is 10.0 Å². The highest BCUT2D eigenvalue weighted by atomic mass is 16.6. The van der Waals surface area contributed by atoms with Gasteiger partial charge in [0.05, 0.1) is 11.5 Å². The Balaban J connectivity index is 2.85. The lowest BCUT2D eigenvalue weighted by Gasteiger charge is -2.07. The molecule has 1 rings (SSSR count). The van der Waals surface area contributed by atoms with Crippen molar-refractivity contribution >= 4 is 0 Å². The van der Waals surface area contributed by atoms with Crippen molar-refractivity contribution in [2.24, 2.45) is 0 Å². The van der Waals surface area contributed by atoms with Crippen molar-refractivity contribution in [2.75, 3.05) is 13.2 Å². The standard InChI is InChI=1S/C16H22N2O3/c1-2-3-4-6-15(13-17-11-12-19)14-7-5-8-16(10-9-14)18(20)21/h3-4,7-10,13,17,19H,2,5-6,11-12H2,1H3/b4-3-,15-13+. The van der Waals surface area contributed by atoms with Gasteiger partial charge >= 0.3 is 0 Å². The van der Waals surface area contributed by atoms with Crippen molar-refractivity contribution in [3.05, 3.63) is 69.6 Å². The van der Waals surface area contributed by atoms with Crippen LogP contribution in [0.1, 0.15) is 26.2 Å². The molecule has 0 radical (unpaired) electrons. The molecule has 0 aromatic carbocycles. The first-order valence-electron chi connectivity index (χ1n) is 7.10. The third kappa shape index (κ3) is 6.23. The van der Waals surface area contributed by atoms with Gasteiger partial charge in [-0.25, -0.2) is 0 Å². The molecule has 0 spiro atoms. The third-order valence-electron chi connectivity index (χ3n) is 2.95. The SMILES string of the molecule is CC/C=C\C/C(=C\NCCO)C1=CCC=C([N+](=O)[O-])C=C1. The van der Waals surface area contributed by atoms with Gasteiger partial charge in [-0.05, 0) is 42.6 Å². The number of aliphatic hydroxyl groups is 1. The van der Waals surface area contributed by atoms with E-state index in [1.807, 2.05) is 12.3 Å². The lowest BCUT2D eigenvalue weighted by Crippen LogP contribution is -2.12. The molecule has 0 atom stereocenters. The van der Waals surface area contributed by atoms with Crippen molar-refractivity contribution in [1.29, 1.82) is 0 Å². The molecule has 0 fully saturated rings. The molecule has 5 nitrogen and oxygen atoms in total. The molecule has 0 aromatic heterocycles. The molecule has 0 unspecified atom stereocenters. The van der Waals surface area contributed by atoms with Crippen molar-refractivity contribution in [2.45, 2.75) is 26.2 Å². The molecule has 0 aliphatic heterocycles. The van der Waals surface area contributed by atoms with E-state index in [2.05, 4.69) is 24.4 Å². The fourth-order valence-corrected chi connectivity index (χ4v) is 1.89. The molecular weight excluding hydrogens is 268 g/mol. The van der Waals surface area contributed by atoms with Gasteiger partial charge in [0.15, 0.2) is 0 Å². The van der Waals surface area contributed by atoms with Gasteiger partial charge < -0.3 is 10.4 Å². The molecule has 1 aliphatic carbocycles. The van der Waals surface area contributed by atoms with Crippen molar-refractivity contribution in [3.63, 3.8) is 0 Å². The average molecular weight is 290 g/mol.